The van der Waals surface area contributed by atoms with Crippen LogP contribution in [0.5, 0.6) is 5.75 Å². The fourth-order valence-corrected chi connectivity index (χ4v) is 3.88. The van der Waals surface area contributed by atoms with Gasteiger partial charge in [-0.15, -0.1) is 10.2 Å². The Bertz CT molecular complexity index is 1050. The number of hydrogen-bond donors (Lipinski definition) is 1. The standard InChI is InChI=1S/C21H19ClN4O3S/c22-16-8-4-5-9-17(16)29-12-18-24-25-21(26(18)15-10-11-15)30-13-19(27)23-20(28)14-6-2-1-3-7-14/h1-9,15H,10-13H2,(H,23,27,28). The zero-order valence-electron chi connectivity index (χ0n) is 16.0. The van der Waals surface area contributed by atoms with E-state index < -0.39 is 5.91 Å². The molecule has 9 heteroatoms. The number of thioether (sulfide) groups is 1. The molecule has 4 rings (SSSR count). The maximum atomic E-state index is 12.2. The summed E-state index contributed by atoms with van der Waals surface area (Å²) in [5, 5.41) is 12.0. The van der Waals surface area contributed by atoms with E-state index in [4.69, 9.17) is 16.3 Å². The summed E-state index contributed by atoms with van der Waals surface area (Å²) in [6.07, 6.45) is 2.06. The molecule has 2 amide bonds. The minimum absolute atomic E-state index is 0.0643. The van der Waals surface area contributed by atoms with Crippen LogP contribution in [0, 0.1) is 0 Å². The van der Waals surface area contributed by atoms with Crippen LogP contribution in [0.1, 0.15) is 35.1 Å². The number of hydrogen-bond acceptors (Lipinski definition) is 6. The van der Waals surface area contributed by atoms with E-state index in [0.717, 1.165) is 12.8 Å². The Kier molecular flexibility index (Phi) is 6.35. The van der Waals surface area contributed by atoms with Gasteiger partial charge in [0.2, 0.25) is 5.91 Å². The van der Waals surface area contributed by atoms with Crippen LogP contribution in [-0.4, -0.2) is 32.3 Å². The lowest BCUT2D eigenvalue weighted by Gasteiger charge is -2.10. The molecule has 7 nitrogen and oxygen atoms in total. The Morgan fingerprint density at radius 1 is 1.10 bits per heavy atom. The number of carbonyl (C=O) groups excluding carboxylic acids is 2. The second kappa shape index (κ2) is 9.32. The van der Waals surface area contributed by atoms with Crippen LogP contribution < -0.4 is 10.1 Å². The van der Waals surface area contributed by atoms with Crippen molar-refractivity contribution in [3.05, 3.63) is 71.0 Å². The molecule has 1 aliphatic rings. The highest BCUT2D eigenvalue weighted by Gasteiger charge is 2.30. The van der Waals surface area contributed by atoms with Gasteiger partial charge in [0, 0.05) is 11.6 Å². The zero-order valence-corrected chi connectivity index (χ0v) is 17.5. The lowest BCUT2D eigenvalue weighted by molar-refractivity contribution is -0.117. The first-order valence-electron chi connectivity index (χ1n) is 9.45. The summed E-state index contributed by atoms with van der Waals surface area (Å²) in [4.78, 5) is 24.3. The number of aromatic nitrogens is 3. The molecule has 154 valence electrons. The monoisotopic (exact) mass is 442 g/mol. The summed E-state index contributed by atoms with van der Waals surface area (Å²) in [5.41, 5.74) is 0.441. The maximum Gasteiger partial charge on any atom is 0.257 e. The topological polar surface area (TPSA) is 86.1 Å². The van der Waals surface area contributed by atoms with Gasteiger partial charge in [0.1, 0.15) is 12.4 Å². The Labute approximate surface area is 182 Å². The van der Waals surface area contributed by atoms with Crippen molar-refractivity contribution in [2.45, 2.75) is 30.6 Å². The van der Waals surface area contributed by atoms with E-state index in [1.54, 1.807) is 36.4 Å². The third-order valence-electron chi connectivity index (χ3n) is 4.46. The third kappa shape index (κ3) is 5.01. The fraction of sp³-hybridized carbons (Fsp3) is 0.238. The summed E-state index contributed by atoms with van der Waals surface area (Å²) >= 11 is 7.39. The maximum absolute atomic E-state index is 12.2. The summed E-state index contributed by atoms with van der Waals surface area (Å²) in [7, 11) is 0. The van der Waals surface area contributed by atoms with Crippen LogP contribution in [0.3, 0.4) is 0 Å². The van der Waals surface area contributed by atoms with E-state index in [2.05, 4.69) is 15.5 Å². The Morgan fingerprint density at radius 3 is 2.57 bits per heavy atom. The normalized spacial score (nSPS) is 13.1. The highest BCUT2D eigenvalue weighted by Crippen LogP contribution is 2.39. The number of carbonyl (C=O) groups is 2. The first kappa shape index (κ1) is 20.4. The highest BCUT2D eigenvalue weighted by molar-refractivity contribution is 7.99. The van der Waals surface area contributed by atoms with Crippen molar-refractivity contribution in [1.29, 1.82) is 0 Å². The summed E-state index contributed by atoms with van der Waals surface area (Å²) in [6, 6.07) is 16.2. The van der Waals surface area contributed by atoms with Crippen molar-refractivity contribution in [2.75, 3.05) is 5.75 Å². The predicted octanol–water partition coefficient (Wildman–Crippen LogP) is 3.89. The number of benzene rings is 2. The highest BCUT2D eigenvalue weighted by atomic mass is 35.5. The molecule has 0 unspecified atom stereocenters. The first-order valence-corrected chi connectivity index (χ1v) is 10.8. The van der Waals surface area contributed by atoms with Gasteiger partial charge in [-0.05, 0) is 37.1 Å². The van der Waals surface area contributed by atoms with Gasteiger partial charge >= 0.3 is 0 Å². The second-order valence-corrected chi connectivity index (χ2v) is 8.10. The van der Waals surface area contributed by atoms with Crippen molar-refractivity contribution in [2.24, 2.45) is 0 Å². The minimum atomic E-state index is -0.418. The molecule has 1 heterocycles. The van der Waals surface area contributed by atoms with E-state index in [1.165, 1.54) is 11.8 Å². The molecule has 0 bridgehead atoms. The molecular formula is C21H19ClN4O3S. The van der Waals surface area contributed by atoms with Crippen LogP contribution in [-0.2, 0) is 11.4 Å². The lowest BCUT2D eigenvalue weighted by atomic mass is 10.2. The summed E-state index contributed by atoms with van der Waals surface area (Å²) < 4.78 is 7.80. The Balaban J connectivity index is 1.37. The number of para-hydroxylation sites is 1. The smallest absolute Gasteiger partial charge is 0.257 e. The molecule has 0 aliphatic heterocycles. The van der Waals surface area contributed by atoms with Gasteiger partial charge < -0.3 is 4.74 Å². The van der Waals surface area contributed by atoms with Crippen LogP contribution in [0.15, 0.2) is 59.8 Å². The largest absolute Gasteiger partial charge is 0.484 e. The Hall–Kier alpha value is -2.84. The number of amides is 2. The van der Waals surface area contributed by atoms with Crippen LogP contribution in [0.2, 0.25) is 5.02 Å². The molecule has 1 aromatic heterocycles. The van der Waals surface area contributed by atoms with Crippen molar-refractivity contribution < 1.29 is 14.3 Å². The van der Waals surface area contributed by atoms with Crippen molar-refractivity contribution in [3.63, 3.8) is 0 Å². The van der Waals surface area contributed by atoms with Crippen LogP contribution >= 0.6 is 23.4 Å². The number of imide groups is 1. The first-order chi connectivity index (χ1) is 14.6. The lowest BCUT2D eigenvalue weighted by Crippen LogP contribution is -2.31. The molecule has 0 saturated heterocycles. The van der Waals surface area contributed by atoms with Gasteiger partial charge in [0.05, 0.1) is 10.8 Å². The molecular weight excluding hydrogens is 424 g/mol. The number of rotatable bonds is 8. The van der Waals surface area contributed by atoms with E-state index >= 15 is 0 Å². The average Bonchev–Trinajstić information content (AvgIpc) is 3.52. The van der Waals surface area contributed by atoms with E-state index in [0.29, 0.717) is 33.4 Å². The van der Waals surface area contributed by atoms with Gasteiger partial charge in [0.15, 0.2) is 11.0 Å². The minimum Gasteiger partial charge on any atom is -0.484 e. The van der Waals surface area contributed by atoms with Crippen LogP contribution in [0.4, 0.5) is 0 Å². The molecule has 0 spiro atoms. The molecule has 0 radical (unpaired) electrons. The molecule has 1 saturated carbocycles. The van der Waals surface area contributed by atoms with Gasteiger partial charge in [-0.3, -0.25) is 19.5 Å². The van der Waals surface area contributed by atoms with Gasteiger partial charge in [-0.25, -0.2) is 0 Å². The second-order valence-electron chi connectivity index (χ2n) is 6.75. The third-order valence-corrected chi connectivity index (χ3v) is 5.72. The zero-order chi connectivity index (χ0) is 20.9. The van der Waals surface area contributed by atoms with E-state index in [-0.39, 0.29) is 18.3 Å². The number of nitrogens with zero attached hydrogens (tertiary/aromatic N) is 3. The summed E-state index contributed by atoms with van der Waals surface area (Å²) in [6.45, 7) is 0.229. The molecule has 1 N–H and O–H groups in total. The summed E-state index contributed by atoms with van der Waals surface area (Å²) in [5.74, 6) is 0.527. The average molecular weight is 443 g/mol. The molecule has 1 aliphatic carbocycles. The van der Waals surface area contributed by atoms with Crippen molar-refractivity contribution in [1.82, 2.24) is 20.1 Å². The van der Waals surface area contributed by atoms with Gasteiger partial charge in [0.25, 0.3) is 5.91 Å². The molecule has 3 aromatic rings. The number of ether oxygens (including phenoxy) is 1. The molecule has 30 heavy (non-hydrogen) atoms. The van der Waals surface area contributed by atoms with Gasteiger partial charge in [-0.1, -0.05) is 53.7 Å². The van der Waals surface area contributed by atoms with Crippen LogP contribution in [0.25, 0.3) is 0 Å². The SMILES string of the molecule is O=C(CSc1nnc(COc2ccccc2Cl)n1C1CC1)NC(=O)c1ccccc1. The molecule has 1 fully saturated rings. The molecule has 2 aromatic carbocycles. The van der Waals surface area contributed by atoms with Gasteiger partial charge in [-0.2, -0.15) is 0 Å². The number of halogens is 1. The van der Waals surface area contributed by atoms with Crippen molar-refractivity contribution >= 4 is 35.2 Å². The van der Waals surface area contributed by atoms with E-state index in [1.807, 2.05) is 22.8 Å². The van der Waals surface area contributed by atoms with Crippen molar-refractivity contribution in [3.8, 4) is 5.75 Å². The number of nitrogens with one attached hydrogen (secondary N) is 1. The quantitative estimate of drug-likeness (QED) is 0.532. The van der Waals surface area contributed by atoms with E-state index in [9.17, 15) is 9.59 Å². The molecule has 0 atom stereocenters. The predicted molar refractivity (Wildman–Crippen MR) is 114 cm³/mol. The Morgan fingerprint density at radius 2 is 1.83 bits per heavy atom. The fourth-order valence-electron chi connectivity index (χ4n) is 2.86.